The van der Waals surface area contributed by atoms with Gasteiger partial charge in [0.05, 0.1) is 32.6 Å². The molecule has 0 bridgehead atoms. The first kappa shape index (κ1) is 19.3. The average molecular weight is 392 g/mol. The van der Waals surface area contributed by atoms with Crippen LogP contribution in [0.15, 0.2) is 54.6 Å². The number of ketones is 1. The third-order valence-electron chi connectivity index (χ3n) is 5.99. The summed E-state index contributed by atoms with van der Waals surface area (Å²) in [4.78, 5) is 41.9. The maximum absolute atomic E-state index is 12.6. The highest BCUT2D eigenvalue weighted by atomic mass is 16.2. The molecule has 2 aromatic carbocycles. The van der Waals surface area contributed by atoms with Crippen LogP contribution in [-0.2, 0) is 9.59 Å². The molecule has 2 amide bonds. The van der Waals surface area contributed by atoms with E-state index in [1.54, 1.807) is 0 Å². The van der Waals surface area contributed by atoms with Gasteiger partial charge in [-0.2, -0.15) is 0 Å². The Labute approximate surface area is 170 Å². The molecule has 4 rings (SSSR count). The van der Waals surface area contributed by atoms with E-state index in [1.165, 1.54) is 9.80 Å². The topological polar surface area (TPSA) is 62.1 Å². The molecule has 2 heterocycles. The van der Waals surface area contributed by atoms with E-state index in [4.69, 9.17) is 0 Å². The van der Waals surface area contributed by atoms with Gasteiger partial charge in [-0.3, -0.25) is 19.3 Å². The van der Waals surface area contributed by atoms with E-state index in [9.17, 15) is 14.4 Å². The number of piperazine rings is 1. The Balaban J connectivity index is 1.37. The molecule has 6 heteroatoms. The van der Waals surface area contributed by atoms with E-state index >= 15 is 0 Å². The summed E-state index contributed by atoms with van der Waals surface area (Å²) in [7, 11) is 0. The van der Waals surface area contributed by atoms with Crippen molar-refractivity contribution in [3.63, 3.8) is 0 Å². The number of anilines is 1. The number of rotatable bonds is 5. The molecule has 0 saturated carbocycles. The van der Waals surface area contributed by atoms with Crippen LogP contribution in [0.1, 0.15) is 29.3 Å². The molecule has 2 aliphatic heterocycles. The highest BCUT2D eigenvalue weighted by Gasteiger charge is 2.44. The molecular formula is C23H26N3O3+. The summed E-state index contributed by atoms with van der Waals surface area (Å²) in [6.45, 7) is 5.61. The molecule has 0 radical (unpaired) electrons. The summed E-state index contributed by atoms with van der Waals surface area (Å²) < 4.78 is 0. The number of amides is 2. The predicted octanol–water partition coefficient (Wildman–Crippen LogP) is 0.770. The van der Waals surface area contributed by atoms with Crippen LogP contribution in [0.2, 0.25) is 0 Å². The van der Waals surface area contributed by atoms with E-state index < -0.39 is 0 Å². The Bertz CT molecular complexity index is 903. The first-order valence-corrected chi connectivity index (χ1v) is 10.2. The Morgan fingerprint density at radius 2 is 1.59 bits per heavy atom. The molecule has 1 N–H and O–H groups in total. The molecule has 2 aliphatic rings. The number of carbonyl (C=O) groups excluding carboxylic acids is 3. The number of benzene rings is 2. The standard InChI is InChI=1S/C23H25N3O3/c1-2-26-21(27)16-20(23(26)29)25-14-12-24(13-15-25)19-10-8-18(9-11-19)22(28)17-6-4-3-5-7-17/h3-11,20H,2,12-16H2,1H3/p+1/t20-/m1/s1. The third-order valence-corrected chi connectivity index (χ3v) is 5.99. The second kappa shape index (κ2) is 8.17. The molecular weight excluding hydrogens is 366 g/mol. The molecule has 2 fully saturated rings. The zero-order chi connectivity index (χ0) is 20.4. The van der Waals surface area contributed by atoms with Crippen molar-refractivity contribution in [3.05, 3.63) is 65.7 Å². The van der Waals surface area contributed by atoms with E-state index in [0.29, 0.717) is 24.1 Å². The van der Waals surface area contributed by atoms with Crippen LogP contribution in [0.4, 0.5) is 5.69 Å². The van der Waals surface area contributed by atoms with Crippen molar-refractivity contribution in [2.75, 3.05) is 37.6 Å². The molecule has 2 saturated heterocycles. The van der Waals surface area contributed by atoms with E-state index in [0.717, 1.165) is 31.9 Å². The number of likely N-dealkylation sites (tertiary alicyclic amines) is 1. The first-order chi connectivity index (χ1) is 14.1. The quantitative estimate of drug-likeness (QED) is 0.603. The van der Waals surface area contributed by atoms with Gasteiger partial charge in [-0.1, -0.05) is 30.3 Å². The average Bonchev–Trinajstić information content (AvgIpc) is 3.07. The van der Waals surface area contributed by atoms with E-state index in [2.05, 4.69) is 4.90 Å². The van der Waals surface area contributed by atoms with Crippen LogP contribution in [0.5, 0.6) is 0 Å². The van der Waals surface area contributed by atoms with Crippen LogP contribution >= 0.6 is 0 Å². The number of imide groups is 1. The summed E-state index contributed by atoms with van der Waals surface area (Å²) in [5.41, 5.74) is 2.45. The summed E-state index contributed by atoms with van der Waals surface area (Å²) in [6, 6.07) is 16.8. The second-order valence-corrected chi connectivity index (χ2v) is 7.62. The molecule has 0 aromatic heterocycles. The minimum atomic E-state index is -0.226. The molecule has 0 unspecified atom stereocenters. The van der Waals surface area contributed by atoms with Gasteiger partial charge in [0.15, 0.2) is 11.8 Å². The van der Waals surface area contributed by atoms with Gasteiger partial charge in [-0.15, -0.1) is 0 Å². The maximum atomic E-state index is 12.6. The summed E-state index contributed by atoms with van der Waals surface area (Å²) in [5, 5.41) is 0. The number of nitrogens with one attached hydrogen (secondary N) is 1. The summed E-state index contributed by atoms with van der Waals surface area (Å²) in [6.07, 6.45) is 0.332. The van der Waals surface area contributed by atoms with Gasteiger partial charge in [0, 0.05) is 23.4 Å². The van der Waals surface area contributed by atoms with Crippen molar-refractivity contribution in [2.45, 2.75) is 19.4 Å². The minimum Gasteiger partial charge on any atom is -0.360 e. The number of hydrogen-bond donors (Lipinski definition) is 1. The zero-order valence-corrected chi connectivity index (χ0v) is 16.6. The summed E-state index contributed by atoms with van der Waals surface area (Å²) >= 11 is 0. The highest BCUT2D eigenvalue weighted by molar-refractivity contribution is 6.09. The Morgan fingerprint density at radius 1 is 0.966 bits per heavy atom. The third kappa shape index (κ3) is 3.80. The van der Waals surface area contributed by atoms with Gasteiger partial charge >= 0.3 is 0 Å². The van der Waals surface area contributed by atoms with E-state index in [-0.39, 0.29) is 23.6 Å². The lowest BCUT2D eigenvalue weighted by Crippen LogP contribution is -3.19. The minimum absolute atomic E-state index is 0.0234. The molecule has 29 heavy (non-hydrogen) atoms. The van der Waals surface area contributed by atoms with Crippen molar-refractivity contribution in [2.24, 2.45) is 0 Å². The Kier molecular flexibility index (Phi) is 5.45. The monoisotopic (exact) mass is 392 g/mol. The van der Waals surface area contributed by atoms with Gasteiger partial charge in [-0.05, 0) is 31.2 Å². The number of quaternary nitrogens is 1. The SMILES string of the molecule is CCN1C(=O)C[C@@H]([NH+]2CCN(c3ccc(C(=O)c4ccccc4)cc3)CC2)C1=O. The lowest BCUT2D eigenvalue weighted by molar-refractivity contribution is -0.915. The van der Waals surface area contributed by atoms with Gasteiger partial charge in [0.1, 0.15) is 0 Å². The fourth-order valence-electron chi connectivity index (χ4n) is 4.31. The lowest BCUT2D eigenvalue weighted by Gasteiger charge is -2.35. The van der Waals surface area contributed by atoms with Crippen LogP contribution < -0.4 is 9.80 Å². The van der Waals surface area contributed by atoms with Crippen molar-refractivity contribution in [1.29, 1.82) is 0 Å². The lowest BCUT2D eigenvalue weighted by atomic mass is 10.0. The maximum Gasteiger partial charge on any atom is 0.288 e. The smallest absolute Gasteiger partial charge is 0.288 e. The van der Waals surface area contributed by atoms with Gasteiger partial charge in [0.2, 0.25) is 5.91 Å². The van der Waals surface area contributed by atoms with Crippen LogP contribution in [-0.4, -0.2) is 61.3 Å². The number of hydrogen-bond acceptors (Lipinski definition) is 4. The molecule has 0 aliphatic carbocycles. The number of carbonyl (C=O) groups is 3. The zero-order valence-electron chi connectivity index (χ0n) is 16.6. The summed E-state index contributed by atoms with van der Waals surface area (Å²) in [5.74, 6) is -0.0443. The van der Waals surface area contributed by atoms with Crippen molar-refractivity contribution in [3.8, 4) is 0 Å². The highest BCUT2D eigenvalue weighted by Crippen LogP contribution is 2.18. The van der Waals surface area contributed by atoms with Crippen LogP contribution in [0.25, 0.3) is 0 Å². The van der Waals surface area contributed by atoms with Crippen molar-refractivity contribution >= 4 is 23.3 Å². The normalized spacial score (nSPS) is 20.4. The van der Waals surface area contributed by atoms with Gasteiger partial charge < -0.3 is 9.80 Å². The van der Waals surface area contributed by atoms with Gasteiger partial charge in [-0.25, -0.2) is 0 Å². The number of likely N-dealkylation sites (N-methyl/N-ethyl adjacent to an activating group) is 1. The van der Waals surface area contributed by atoms with Crippen LogP contribution in [0.3, 0.4) is 0 Å². The number of nitrogens with zero attached hydrogens (tertiary/aromatic N) is 2. The van der Waals surface area contributed by atoms with E-state index in [1.807, 2.05) is 61.5 Å². The first-order valence-electron chi connectivity index (χ1n) is 10.2. The Hall–Kier alpha value is -2.99. The largest absolute Gasteiger partial charge is 0.360 e. The fourth-order valence-corrected chi connectivity index (χ4v) is 4.31. The fraction of sp³-hybridized carbons (Fsp3) is 0.348. The second-order valence-electron chi connectivity index (χ2n) is 7.62. The molecule has 2 aromatic rings. The molecule has 6 nitrogen and oxygen atoms in total. The van der Waals surface area contributed by atoms with Crippen LogP contribution in [0, 0.1) is 0 Å². The van der Waals surface area contributed by atoms with Crippen molar-refractivity contribution < 1.29 is 19.3 Å². The molecule has 1 atom stereocenters. The predicted molar refractivity (Wildman–Crippen MR) is 110 cm³/mol. The van der Waals surface area contributed by atoms with Gasteiger partial charge in [0.25, 0.3) is 5.91 Å². The molecule has 0 spiro atoms. The Morgan fingerprint density at radius 3 is 2.17 bits per heavy atom. The molecule has 150 valence electrons. The van der Waals surface area contributed by atoms with Crippen molar-refractivity contribution in [1.82, 2.24) is 4.90 Å².